The molecule has 0 aromatic carbocycles. The van der Waals surface area contributed by atoms with Crippen LogP contribution in [0.5, 0.6) is 0 Å². The van der Waals surface area contributed by atoms with Gasteiger partial charge >= 0.3 is 0 Å². The molecule has 11 heavy (non-hydrogen) atoms. The van der Waals surface area contributed by atoms with Crippen LogP contribution in [0.25, 0.3) is 6.08 Å². The quantitative estimate of drug-likeness (QED) is 0.552. The van der Waals surface area contributed by atoms with Crippen LogP contribution < -0.4 is 0 Å². The van der Waals surface area contributed by atoms with Gasteiger partial charge in [0.2, 0.25) is 0 Å². The normalized spacial score (nSPS) is 14.2. The van der Waals surface area contributed by atoms with E-state index in [9.17, 15) is 0 Å². The standard InChI is InChI=1S/C9H8N2/c1-2-4-8-6-7-10-11-9(8)5-3-1/h1-3,5-7H,4H2. The van der Waals surface area contributed by atoms with E-state index >= 15 is 0 Å². The average Bonchev–Trinajstić information content (AvgIpc) is 2.28. The Morgan fingerprint density at radius 3 is 3.27 bits per heavy atom. The van der Waals surface area contributed by atoms with E-state index in [1.807, 2.05) is 24.3 Å². The lowest BCUT2D eigenvalue weighted by Crippen LogP contribution is -1.91. The molecule has 54 valence electrons. The highest BCUT2D eigenvalue weighted by Crippen LogP contribution is 2.10. The molecule has 2 heteroatoms. The Balaban J connectivity index is 2.52. The van der Waals surface area contributed by atoms with Gasteiger partial charge in [-0.05, 0) is 24.1 Å². The van der Waals surface area contributed by atoms with Crippen LogP contribution in [0.1, 0.15) is 11.3 Å². The summed E-state index contributed by atoms with van der Waals surface area (Å²) in [5.41, 5.74) is 2.22. The third-order valence-corrected chi connectivity index (χ3v) is 1.68. The summed E-state index contributed by atoms with van der Waals surface area (Å²) in [6, 6.07) is 2.00. The first kappa shape index (κ1) is 6.28. The lowest BCUT2D eigenvalue weighted by atomic mass is 10.1. The number of hydrogen-bond acceptors (Lipinski definition) is 2. The zero-order valence-electron chi connectivity index (χ0n) is 6.07. The van der Waals surface area contributed by atoms with Crippen molar-refractivity contribution in [1.29, 1.82) is 0 Å². The molecule has 0 radical (unpaired) electrons. The largest absolute Gasteiger partial charge is 0.159 e. The monoisotopic (exact) mass is 144 g/mol. The number of rotatable bonds is 0. The molecule has 0 spiro atoms. The van der Waals surface area contributed by atoms with E-state index in [0.29, 0.717) is 0 Å². The van der Waals surface area contributed by atoms with Gasteiger partial charge in [-0.2, -0.15) is 10.2 Å². The van der Waals surface area contributed by atoms with Gasteiger partial charge in [0.05, 0.1) is 5.69 Å². The molecule has 0 fully saturated rings. The fourth-order valence-corrected chi connectivity index (χ4v) is 1.10. The van der Waals surface area contributed by atoms with E-state index in [4.69, 9.17) is 0 Å². The van der Waals surface area contributed by atoms with Crippen LogP contribution in [0, 0.1) is 0 Å². The zero-order valence-corrected chi connectivity index (χ0v) is 6.07. The molecule has 1 heterocycles. The molecule has 1 aromatic rings. The third kappa shape index (κ3) is 1.19. The molecular weight excluding hydrogens is 136 g/mol. The Kier molecular flexibility index (Phi) is 1.52. The molecule has 0 N–H and O–H groups in total. The van der Waals surface area contributed by atoms with Crippen LogP contribution in [0.2, 0.25) is 0 Å². The fraction of sp³-hybridized carbons (Fsp3) is 0.111. The van der Waals surface area contributed by atoms with Crippen molar-refractivity contribution in [3.8, 4) is 0 Å². The molecule has 0 bridgehead atoms. The summed E-state index contributed by atoms with van der Waals surface area (Å²) in [4.78, 5) is 0. The Bertz CT molecular complexity index is 313. The van der Waals surface area contributed by atoms with E-state index < -0.39 is 0 Å². The molecule has 0 unspecified atom stereocenters. The predicted molar refractivity (Wildman–Crippen MR) is 43.9 cm³/mol. The maximum Gasteiger partial charge on any atom is 0.0892 e. The molecule has 1 aromatic heterocycles. The van der Waals surface area contributed by atoms with Crippen molar-refractivity contribution in [2.45, 2.75) is 6.42 Å². The van der Waals surface area contributed by atoms with Gasteiger partial charge in [-0.15, -0.1) is 0 Å². The molecular formula is C9H8N2. The highest BCUT2D eigenvalue weighted by atomic mass is 15.1. The van der Waals surface area contributed by atoms with Crippen LogP contribution in [-0.4, -0.2) is 10.2 Å². The van der Waals surface area contributed by atoms with E-state index in [1.54, 1.807) is 6.20 Å². The van der Waals surface area contributed by atoms with E-state index in [-0.39, 0.29) is 0 Å². The smallest absolute Gasteiger partial charge is 0.0892 e. The number of nitrogens with zero attached hydrogens (tertiary/aromatic N) is 2. The third-order valence-electron chi connectivity index (χ3n) is 1.68. The summed E-state index contributed by atoms with van der Waals surface area (Å²) >= 11 is 0. The second-order valence-electron chi connectivity index (χ2n) is 2.43. The van der Waals surface area contributed by atoms with Crippen LogP contribution >= 0.6 is 0 Å². The average molecular weight is 144 g/mol. The Hall–Kier alpha value is -1.44. The van der Waals surface area contributed by atoms with Gasteiger partial charge in [0.15, 0.2) is 0 Å². The van der Waals surface area contributed by atoms with E-state index in [2.05, 4.69) is 16.3 Å². The zero-order chi connectivity index (χ0) is 7.52. The van der Waals surface area contributed by atoms with Crippen molar-refractivity contribution in [2.75, 3.05) is 0 Å². The number of allylic oxidation sites excluding steroid dienone is 3. The van der Waals surface area contributed by atoms with Crippen molar-refractivity contribution in [2.24, 2.45) is 0 Å². The first-order valence-electron chi connectivity index (χ1n) is 3.60. The van der Waals surface area contributed by atoms with Crippen molar-refractivity contribution in [3.63, 3.8) is 0 Å². The Morgan fingerprint density at radius 2 is 2.27 bits per heavy atom. The molecule has 2 nitrogen and oxygen atoms in total. The highest BCUT2D eigenvalue weighted by molar-refractivity contribution is 5.52. The van der Waals surface area contributed by atoms with Gasteiger partial charge < -0.3 is 0 Å². The maximum absolute atomic E-state index is 4.00. The van der Waals surface area contributed by atoms with E-state index in [1.165, 1.54) is 5.56 Å². The van der Waals surface area contributed by atoms with Crippen LogP contribution in [0.15, 0.2) is 30.5 Å². The predicted octanol–water partition coefficient (Wildman–Crippen LogP) is 1.60. The van der Waals surface area contributed by atoms with Gasteiger partial charge in [-0.25, -0.2) is 0 Å². The minimum absolute atomic E-state index is 0.956. The summed E-state index contributed by atoms with van der Waals surface area (Å²) in [7, 11) is 0. The van der Waals surface area contributed by atoms with Gasteiger partial charge in [0.1, 0.15) is 0 Å². The molecule has 0 amide bonds. The lowest BCUT2D eigenvalue weighted by molar-refractivity contribution is 0.987. The van der Waals surface area contributed by atoms with Crippen molar-refractivity contribution >= 4 is 6.08 Å². The second kappa shape index (κ2) is 2.66. The topological polar surface area (TPSA) is 25.8 Å². The summed E-state index contributed by atoms with van der Waals surface area (Å²) in [5.74, 6) is 0. The molecule has 0 aliphatic heterocycles. The van der Waals surface area contributed by atoms with E-state index in [0.717, 1.165) is 12.1 Å². The minimum Gasteiger partial charge on any atom is -0.159 e. The van der Waals surface area contributed by atoms with Gasteiger partial charge in [0, 0.05) is 6.20 Å². The number of hydrogen-bond donors (Lipinski definition) is 0. The van der Waals surface area contributed by atoms with Crippen LogP contribution in [0.3, 0.4) is 0 Å². The summed E-state index contributed by atoms with van der Waals surface area (Å²) < 4.78 is 0. The molecule has 0 saturated heterocycles. The summed E-state index contributed by atoms with van der Waals surface area (Å²) in [6.07, 6.45) is 10.8. The Morgan fingerprint density at radius 1 is 1.27 bits per heavy atom. The Labute approximate surface area is 65.3 Å². The fourth-order valence-electron chi connectivity index (χ4n) is 1.10. The number of aromatic nitrogens is 2. The van der Waals surface area contributed by atoms with Crippen LogP contribution in [-0.2, 0) is 6.42 Å². The van der Waals surface area contributed by atoms with Crippen molar-refractivity contribution < 1.29 is 0 Å². The maximum atomic E-state index is 4.00. The first-order valence-corrected chi connectivity index (χ1v) is 3.60. The lowest BCUT2D eigenvalue weighted by Gasteiger charge is -1.96. The minimum atomic E-state index is 0.956. The van der Waals surface area contributed by atoms with Crippen molar-refractivity contribution in [3.05, 3.63) is 41.7 Å². The molecule has 2 rings (SSSR count). The van der Waals surface area contributed by atoms with Crippen molar-refractivity contribution in [1.82, 2.24) is 10.2 Å². The highest BCUT2D eigenvalue weighted by Gasteiger charge is 1.99. The number of fused-ring (bicyclic) bond motifs is 1. The van der Waals surface area contributed by atoms with Gasteiger partial charge in [-0.1, -0.05) is 18.2 Å². The first-order chi connectivity index (χ1) is 5.47. The SMILES string of the molecule is C1=CCc2ccnnc2C=C1. The molecule has 0 atom stereocenters. The van der Waals surface area contributed by atoms with Crippen LogP contribution in [0.4, 0.5) is 0 Å². The summed E-state index contributed by atoms with van der Waals surface area (Å²) in [5, 5.41) is 7.81. The molecule has 1 aliphatic rings. The second-order valence-corrected chi connectivity index (χ2v) is 2.43. The van der Waals surface area contributed by atoms with Gasteiger partial charge in [-0.3, -0.25) is 0 Å². The van der Waals surface area contributed by atoms with Gasteiger partial charge in [0.25, 0.3) is 0 Å². The molecule has 0 saturated carbocycles. The molecule has 1 aliphatic carbocycles. The summed E-state index contributed by atoms with van der Waals surface area (Å²) in [6.45, 7) is 0.